The number of nitrogens with two attached hydrogens (primary N) is 1. The van der Waals surface area contributed by atoms with E-state index in [9.17, 15) is 14.4 Å². The molecular weight excluding hydrogens is 350 g/mol. The number of hydrogen-bond donors (Lipinski definition) is 3. The molecule has 0 saturated carbocycles. The highest BCUT2D eigenvalue weighted by molar-refractivity contribution is 6.23. The van der Waals surface area contributed by atoms with E-state index in [1.807, 2.05) is 0 Å². The van der Waals surface area contributed by atoms with Crippen molar-refractivity contribution in [1.29, 1.82) is 5.41 Å². The number of carbonyl (C=O) groups excluding carboxylic acids is 3. The molecule has 3 aromatic rings. The summed E-state index contributed by atoms with van der Waals surface area (Å²) in [5, 5.41) is 11.4. The normalized spacial score (nSPS) is 10.4. The number of fused-ring (bicyclic) bond motifs is 1. The molecule has 1 aromatic heterocycles. The van der Waals surface area contributed by atoms with Gasteiger partial charge in [-0.05, 0) is 41.1 Å². The van der Waals surface area contributed by atoms with E-state index in [1.54, 1.807) is 36.4 Å². The smallest absolute Gasteiger partial charge is 0.379 e. The number of carbonyl (C=O) groups is 3. The number of ether oxygens (including phenoxy) is 1. The summed E-state index contributed by atoms with van der Waals surface area (Å²) in [4.78, 5) is 33.4. The van der Waals surface area contributed by atoms with Crippen molar-refractivity contribution in [3.8, 4) is 5.75 Å². The Hall–Kier alpha value is -3.94. The van der Waals surface area contributed by atoms with Crippen molar-refractivity contribution in [3.05, 3.63) is 65.6 Å². The molecule has 1 amide bonds. The number of aldehydes is 1. The van der Waals surface area contributed by atoms with E-state index in [1.165, 1.54) is 12.1 Å². The summed E-state index contributed by atoms with van der Waals surface area (Å²) < 4.78 is 10.6. The number of rotatable bonds is 6. The van der Waals surface area contributed by atoms with Crippen LogP contribution < -0.4 is 15.8 Å². The van der Waals surface area contributed by atoms with Gasteiger partial charge in [0.1, 0.15) is 17.3 Å². The fourth-order valence-corrected chi connectivity index (χ4v) is 2.41. The third kappa shape index (κ3) is 4.18. The molecule has 0 bridgehead atoms. The van der Waals surface area contributed by atoms with Gasteiger partial charge in [-0.3, -0.25) is 15.0 Å². The van der Waals surface area contributed by atoms with Crippen LogP contribution in [0.25, 0.3) is 10.8 Å². The van der Waals surface area contributed by atoms with Gasteiger partial charge in [-0.25, -0.2) is 4.79 Å². The second kappa shape index (κ2) is 7.52. The number of benzene rings is 2. The molecule has 0 fully saturated rings. The van der Waals surface area contributed by atoms with Crippen molar-refractivity contribution in [3.63, 3.8) is 0 Å². The minimum atomic E-state index is -0.778. The number of hydrogen-bond acceptors (Lipinski definition) is 6. The first-order chi connectivity index (χ1) is 13.0. The summed E-state index contributed by atoms with van der Waals surface area (Å²) >= 11 is 0. The van der Waals surface area contributed by atoms with Gasteiger partial charge >= 0.3 is 5.97 Å². The predicted molar refractivity (Wildman–Crippen MR) is 96.5 cm³/mol. The van der Waals surface area contributed by atoms with Crippen molar-refractivity contribution in [2.75, 3.05) is 0 Å². The van der Waals surface area contributed by atoms with Crippen molar-refractivity contribution in [2.24, 2.45) is 5.73 Å². The number of amidine groups is 1. The molecule has 136 valence electrons. The monoisotopic (exact) mass is 365 g/mol. The van der Waals surface area contributed by atoms with E-state index in [2.05, 4.69) is 5.32 Å². The summed E-state index contributed by atoms with van der Waals surface area (Å²) in [6.45, 7) is -0.0146. The topological polar surface area (TPSA) is 135 Å². The molecule has 27 heavy (non-hydrogen) atoms. The van der Waals surface area contributed by atoms with E-state index in [0.717, 1.165) is 10.8 Å². The summed E-state index contributed by atoms with van der Waals surface area (Å²) in [6.07, 6.45) is 0.150. The molecule has 0 atom stereocenters. The molecule has 0 aliphatic heterocycles. The van der Waals surface area contributed by atoms with Crippen molar-refractivity contribution in [1.82, 2.24) is 5.32 Å². The lowest BCUT2D eigenvalue weighted by Gasteiger charge is -2.06. The number of nitrogens with one attached hydrogen (secondary N) is 2. The Bertz CT molecular complexity index is 1050. The van der Waals surface area contributed by atoms with Gasteiger partial charge in [-0.2, -0.15) is 0 Å². The maximum Gasteiger partial charge on any atom is 0.379 e. The number of amides is 1. The zero-order valence-electron chi connectivity index (χ0n) is 14.0. The Kier molecular flexibility index (Phi) is 4.98. The fourth-order valence-electron chi connectivity index (χ4n) is 2.41. The summed E-state index contributed by atoms with van der Waals surface area (Å²) in [7, 11) is 0. The van der Waals surface area contributed by atoms with Crippen LogP contribution in [0.5, 0.6) is 5.75 Å². The second-order valence-electron chi connectivity index (χ2n) is 5.63. The van der Waals surface area contributed by atoms with Crippen LogP contribution in [0, 0.1) is 5.41 Å². The maximum atomic E-state index is 12.2. The Labute approximate surface area is 153 Å². The molecule has 8 heteroatoms. The maximum absolute atomic E-state index is 12.2. The Morgan fingerprint density at radius 3 is 2.59 bits per heavy atom. The second-order valence-corrected chi connectivity index (χ2v) is 5.63. The molecule has 0 radical (unpaired) electrons. The van der Waals surface area contributed by atoms with Crippen LogP contribution in [0.3, 0.4) is 0 Å². The lowest BCUT2D eigenvalue weighted by molar-refractivity contribution is -0.131. The molecule has 4 N–H and O–H groups in total. The van der Waals surface area contributed by atoms with Crippen LogP contribution in [-0.2, 0) is 16.1 Å². The molecule has 2 aromatic carbocycles. The van der Waals surface area contributed by atoms with Crippen LogP contribution in [0.1, 0.15) is 21.9 Å². The molecule has 3 rings (SSSR count). The van der Waals surface area contributed by atoms with E-state index in [-0.39, 0.29) is 24.4 Å². The third-order valence-corrected chi connectivity index (χ3v) is 3.74. The third-order valence-electron chi connectivity index (χ3n) is 3.74. The van der Waals surface area contributed by atoms with Crippen LogP contribution in [0.15, 0.2) is 52.9 Å². The summed E-state index contributed by atoms with van der Waals surface area (Å²) in [6, 6.07) is 13.3. The van der Waals surface area contributed by atoms with Gasteiger partial charge < -0.3 is 20.2 Å². The quantitative estimate of drug-likeness (QED) is 0.152. The molecule has 8 nitrogen and oxygen atoms in total. The highest BCUT2D eigenvalue weighted by atomic mass is 16.5. The average molecular weight is 365 g/mol. The minimum Gasteiger partial charge on any atom is -0.452 e. The highest BCUT2D eigenvalue weighted by Crippen LogP contribution is 2.23. The lowest BCUT2D eigenvalue weighted by Crippen LogP contribution is -2.23. The van der Waals surface area contributed by atoms with Gasteiger partial charge in [0, 0.05) is 5.56 Å². The highest BCUT2D eigenvalue weighted by Gasteiger charge is 2.14. The Balaban J connectivity index is 1.71. The Morgan fingerprint density at radius 2 is 1.85 bits per heavy atom. The van der Waals surface area contributed by atoms with Crippen LogP contribution in [0.2, 0.25) is 0 Å². The van der Waals surface area contributed by atoms with E-state index < -0.39 is 11.9 Å². The summed E-state index contributed by atoms with van der Waals surface area (Å²) in [5.41, 5.74) is 6.08. The number of esters is 1. The molecule has 0 saturated heterocycles. The van der Waals surface area contributed by atoms with Gasteiger partial charge in [0.2, 0.25) is 12.0 Å². The zero-order chi connectivity index (χ0) is 19.4. The Morgan fingerprint density at radius 1 is 1.11 bits per heavy atom. The van der Waals surface area contributed by atoms with Gasteiger partial charge in [0.15, 0.2) is 0 Å². The first kappa shape index (κ1) is 17.9. The zero-order valence-corrected chi connectivity index (χ0v) is 14.0. The largest absolute Gasteiger partial charge is 0.452 e. The molecule has 0 spiro atoms. The lowest BCUT2D eigenvalue weighted by atomic mass is 10.1. The minimum absolute atomic E-state index is 0.0146. The molecule has 1 heterocycles. The number of nitrogen functional groups attached to an aromatic ring is 1. The molecular formula is C19H15N3O5. The van der Waals surface area contributed by atoms with Crippen molar-refractivity contribution in [2.45, 2.75) is 6.54 Å². The summed E-state index contributed by atoms with van der Waals surface area (Å²) in [5.74, 6) is -0.882. The van der Waals surface area contributed by atoms with E-state index in [4.69, 9.17) is 20.3 Å². The molecule has 0 unspecified atom stereocenters. The standard InChI is InChI=1S/C19H15N3O5/c20-18(21)13-2-1-12-8-14(4-3-11(12)7-13)27-19(25)16-6-5-15(26-16)9-22-17(24)10-23/h1-8,10H,9H2,(H3,20,21)(H,22,24). The predicted octanol–water partition coefficient (Wildman–Crippen LogP) is 1.75. The van der Waals surface area contributed by atoms with Gasteiger partial charge in [-0.1, -0.05) is 18.2 Å². The SMILES string of the molecule is N=C(N)c1ccc2cc(OC(=O)c3ccc(CNC(=O)C=O)o3)ccc2c1. The van der Waals surface area contributed by atoms with Crippen molar-refractivity contribution < 1.29 is 23.5 Å². The van der Waals surface area contributed by atoms with E-state index in [0.29, 0.717) is 17.1 Å². The van der Waals surface area contributed by atoms with Crippen LogP contribution in [-0.4, -0.2) is 24.0 Å². The van der Waals surface area contributed by atoms with E-state index >= 15 is 0 Å². The first-order valence-corrected chi connectivity index (χ1v) is 7.88. The molecule has 0 aliphatic rings. The molecule has 0 aliphatic carbocycles. The van der Waals surface area contributed by atoms with Gasteiger partial charge in [-0.15, -0.1) is 0 Å². The van der Waals surface area contributed by atoms with Crippen molar-refractivity contribution >= 4 is 34.8 Å². The first-order valence-electron chi connectivity index (χ1n) is 7.88. The average Bonchev–Trinajstić information content (AvgIpc) is 3.14. The van der Waals surface area contributed by atoms with Crippen LogP contribution in [0.4, 0.5) is 0 Å². The fraction of sp³-hybridized carbons (Fsp3) is 0.0526. The van der Waals surface area contributed by atoms with Crippen LogP contribution >= 0.6 is 0 Å². The van der Waals surface area contributed by atoms with Gasteiger partial charge in [0.25, 0.3) is 5.91 Å². The number of furan rings is 1. The van der Waals surface area contributed by atoms with Gasteiger partial charge in [0.05, 0.1) is 6.54 Å².